The Labute approximate surface area is 210 Å². The van der Waals surface area contributed by atoms with Gasteiger partial charge in [0.05, 0.1) is 33.0 Å². The summed E-state index contributed by atoms with van der Waals surface area (Å²) in [4.78, 5) is 15.2. The summed E-state index contributed by atoms with van der Waals surface area (Å²) in [6, 6.07) is 21.9. The first-order valence-electron chi connectivity index (χ1n) is 11.4. The molecule has 0 radical (unpaired) electrons. The van der Waals surface area contributed by atoms with E-state index in [0.29, 0.717) is 23.7 Å². The summed E-state index contributed by atoms with van der Waals surface area (Å²) in [6.07, 6.45) is 3.36. The molecule has 0 aliphatic heterocycles. The van der Waals surface area contributed by atoms with Crippen molar-refractivity contribution in [2.45, 2.75) is 13.1 Å². The van der Waals surface area contributed by atoms with E-state index in [2.05, 4.69) is 10.3 Å². The Kier molecular flexibility index (Phi) is 7.65. The number of hydrogen-bond acceptors (Lipinski definition) is 6. The standard InChI is InChI=1S/C28H28N4O4/c1-31-25(28(29-30-31)21-10-13-23(33)14-11-21)19-32(27(34)16-9-20-7-5-4-6-8-20)18-22-12-15-24(35-2)17-26(22)36-3/h4-17,33H,18-19H2,1-3H3. The molecule has 8 nitrogen and oxygen atoms in total. The van der Waals surface area contributed by atoms with Gasteiger partial charge in [-0.3, -0.25) is 4.79 Å². The maximum Gasteiger partial charge on any atom is 0.247 e. The predicted molar refractivity (Wildman–Crippen MR) is 137 cm³/mol. The summed E-state index contributed by atoms with van der Waals surface area (Å²) in [5, 5.41) is 18.2. The van der Waals surface area contributed by atoms with Gasteiger partial charge in [0.2, 0.25) is 5.91 Å². The van der Waals surface area contributed by atoms with Crippen LogP contribution in [0, 0.1) is 0 Å². The first-order valence-corrected chi connectivity index (χ1v) is 11.4. The van der Waals surface area contributed by atoms with Gasteiger partial charge in [0, 0.05) is 30.3 Å². The molecule has 0 spiro atoms. The van der Waals surface area contributed by atoms with Gasteiger partial charge in [-0.2, -0.15) is 0 Å². The number of aromatic nitrogens is 3. The second kappa shape index (κ2) is 11.2. The van der Waals surface area contributed by atoms with Crippen molar-refractivity contribution in [2.75, 3.05) is 14.2 Å². The molecule has 1 amide bonds. The van der Waals surface area contributed by atoms with Gasteiger partial charge < -0.3 is 19.5 Å². The van der Waals surface area contributed by atoms with Gasteiger partial charge >= 0.3 is 0 Å². The zero-order valence-electron chi connectivity index (χ0n) is 20.5. The fraction of sp³-hybridized carbons (Fsp3) is 0.179. The Morgan fingerprint density at radius 1 is 1.00 bits per heavy atom. The number of carbonyl (C=O) groups is 1. The van der Waals surface area contributed by atoms with E-state index in [-0.39, 0.29) is 18.2 Å². The normalized spacial score (nSPS) is 11.0. The Morgan fingerprint density at radius 2 is 1.75 bits per heavy atom. The lowest BCUT2D eigenvalue weighted by Crippen LogP contribution is -2.30. The van der Waals surface area contributed by atoms with Crippen LogP contribution in [0.15, 0.2) is 78.9 Å². The topological polar surface area (TPSA) is 89.7 Å². The molecule has 0 fully saturated rings. The Balaban J connectivity index is 1.68. The smallest absolute Gasteiger partial charge is 0.247 e. The second-order valence-corrected chi connectivity index (χ2v) is 8.17. The Morgan fingerprint density at radius 3 is 2.44 bits per heavy atom. The van der Waals surface area contributed by atoms with Crippen molar-refractivity contribution >= 4 is 12.0 Å². The average Bonchev–Trinajstić information content (AvgIpc) is 3.27. The molecule has 184 valence electrons. The summed E-state index contributed by atoms with van der Waals surface area (Å²) < 4.78 is 12.5. The summed E-state index contributed by atoms with van der Waals surface area (Å²) in [5.74, 6) is 1.29. The minimum Gasteiger partial charge on any atom is -0.508 e. The van der Waals surface area contributed by atoms with Crippen molar-refractivity contribution in [3.05, 3.63) is 95.7 Å². The molecule has 0 aliphatic carbocycles. The van der Waals surface area contributed by atoms with Crippen LogP contribution in [0.5, 0.6) is 17.2 Å². The zero-order chi connectivity index (χ0) is 25.5. The monoisotopic (exact) mass is 484 g/mol. The molecule has 1 N–H and O–H groups in total. The minimum atomic E-state index is -0.172. The van der Waals surface area contributed by atoms with E-state index in [1.54, 1.807) is 73.3 Å². The number of nitrogens with zero attached hydrogens (tertiary/aromatic N) is 4. The fourth-order valence-electron chi connectivity index (χ4n) is 3.82. The number of aromatic hydroxyl groups is 1. The minimum absolute atomic E-state index is 0.165. The highest BCUT2D eigenvalue weighted by molar-refractivity contribution is 5.91. The lowest BCUT2D eigenvalue weighted by atomic mass is 10.1. The molecule has 4 rings (SSSR count). The third kappa shape index (κ3) is 5.72. The van der Waals surface area contributed by atoms with E-state index in [1.165, 1.54) is 0 Å². The van der Waals surface area contributed by atoms with Gasteiger partial charge in [-0.05, 0) is 48.0 Å². The van der Waals surface area contributed by atoms with Gasteiger partial charge in [-0.1, -0.05) is 35.5 Å². The van der Waals surface area contributed by atoms with Gasteiger partial charge in [0.15, 0.2) is 0 Å². The molecule has 1 heterocycles. The predicted octanol–water partition coefficient (Wildman–Crippen LogP) is 4.45. The molecule has 3 aromatic carbocycles. The zero-order valence-corrected chi connectivity index (χ0v) is 20.5. The number of carbonyl (C=O) groups excluding carboxylic acids is 1. The maximum atomic E-state index is 13.5. The van der Waals surface area contributed by atoms with Gasteiger partial charge in [-0.15, -0.1) is 5.10 Å². The summed E-state index contributed by atoms with van der Waals surface area (Å²) >= 11 is 0. The number of phenols is 1. The molecule has 0 unspecified atom stereocenters. The van der Waals surface area contributed by atoms with E-state index in [1.807, 2.05) is 42.5 Å². The van der Waals surface area contributed by atoms with Crippen molar-refractivity contribution < 1.29 is 19.4 Å². The third-order valence-corrected chi connectivity index (χ3v) is 5.81. The van der Waals surface area contributed by atoms with Crippen molar-refractivity contribution in [3.8, 4) is 28.5 Å². The van der Waals surface area contributed by atoms with Crippen molar-refractivity contribution in [3.63, 3.8) is 0 Å². The molecular weight excluding hydrogens is 456 g/mol. The molecule has 0 atom stereocenters. The number of benzene rings is 3. The van der Waals surface area contributed by atoms with Gasteiger partial charge in [0.1, 0.15) is 22.9 Å². The Hall–Kier alpha value is -4.59. The summed E-state index contributed by atoms with van der Waals surface area (Å²) in [6.45, 7) is 0.554. The number of methoxy groups -OCH3 is 2. The fourth-order valence-corrected chi connectivity index (χ4v) is 3.82. The first-order chi connectivity index (χ1) is 17.5. The summed E-state index contributed by atoms with van der Waals surface area (Å²) in [5.41, 5.74) is 3.96. The van der Waals surface area contributed by atoms with Crippen LogP contribution in [0.3, 0.4) is 0 Å². The van der Waals surface area contributed by atoms with Crippen LogP contribution in [0.4, 0.5) is 0 Å². The molecule has 0 bridgehead atoms. The average molecular weight is 485 g/mol. The van der Waals surface area contributed by atoms with Crippen LogP contribution in [-0.2, 0) is 24.9 Å². The highest BCUT2D eigenvalue weighted by Gasteiger charge is 2.21. The maximum absolute atomic E-state index is 13.5. The highest BCUT2D eigenvalue weighted by Crippen LogP contribution is 2.28. The van der Waals surface area contributed by atoms with E-state index < -0.39 is 0 Å². The van der Waals surface area contributed by atoms with E-state index in [4.69, 9.17) is 9.47 Å². The molecule has 36 heavy (non-hydrogen) atoms. The number of ether oxygens (including phenoxy) is 2. The van der Waals surface area contributed by atoms with Crippen molar-refractivity contribution in [2.24, 2.45) is 7.05 Å². The molecule has 0 aliphatic rings. The molecule has 0 saturated heterocycles. The van der Waals surface area contributed by atoms with E-state index >= 15 is 0 Å². The molecule has 1 aromatic heterocycles. The van der Waals surface area contributed by atoms with Crippen molar-refractivity contribution in [1.29, 1.82) is 0 Å². The molecular formula is C28H28N4O4. The molecule has 8 heteroatoms. The van der Waals surface area contributed by atoms with Gasteiger partial charge in [-0.25, -0.2) is 4.68 Å². The van der Waals surface area contributed by atoms with Crippen LogP contribution in [-0.4, -0.2) is 45.1 Å². The van der Waals surface area contributed by atoms with E-state index in [9.17, 15) is 9.90 Å². The SMILES string of the molecule is COc1ccc(CN(Cc2c(-c3ccc(O)cc3)nnn2C)C(=O)C=Cc2ccccc2)c(OC)c1. The molecule has 0 saturated carbocycles. The number of amides is 1. The lowest BCUT2D eigenvalue weighted by molar-refractivity contribution is -0.127. The third-order valence-electron chi connectivity index (χ3n) is 5.81. The van der Waals surface area contributed by atoms with Crippen molar-refractivity contribution in [1.82, 2.24) is 19.9 Å². The van der Waals surface area contributed by atoms with E-state index in [0.717, 1.165) is 22.4 Å². The number of rotatable bonds is 9. The van der Waals surface area contributed by atoms with Crippen LogP contribution >= 0.6 is 0 Å². The van der Waals surface area contributed by atoms with Crippen LogP contribution < -0.4 is 9.47 Å². The second-order valence-electron chi connectivity index (χ2n) is 8.17. The molecule has 4 aromatic rings. The van der Waals surface area contributed by atoms with Crippen LogP contribution in [0.2, 0.25) is 0 Å². The van der Waals surface area contributed by atoms with Crippen LogP contribution in [0.1, 0.15) is 16.8 Å². The van der Waals surface area contributed by atoms with Gasteiger partial charge in [0.25, 0.3) is 0 Å². The lowest BCUT2D eigenvalue weighted by Gasteiger charge is -2.23. The number of aryl methyl sites for hydroxylation is 1. The number of phenolic OH excluding ortho intramolecular Hbond substituents is 1. The van der Waals surface area contributed by atoms with Crippen LogP contribution in [0.25, 0.3) is 17.3 Å². The quantitative estimate of drug-likeness (QED) is 0.353. The number of hydrogen-bond donors (Lipinski definition) is 1. The first kappa shape index (κ1) is 24.5. The summed E-state index contributed by atoms with van der Waals surface area (Å²) in [7, 11) is 4.98. The largest absolute Gasteiger partial charge is 0.508 e. The highest BCUT2D eigenvalue weighted by atomic mass is 16.5. The Bertz CT molecular complexity index is 1350.